The molecule has 2 aromatic carbocycles. The Bertz CT molecular complexity index is 1160. The molecule has 4 rings (SSSR count). The maximum atomic E-state index is 12.1. The molecule has 0 unspecified atom stereocenters. The highest BCUT2D eigenvalue weighted by molar-refractivity contribution is 7.80. The molecule has 2 N–H and O–H groups in total. The van der Waals surface area contributed by atoms with Crippen molar-refractivity contribution in [3.05, 3.63) is 77.6 Å². The standard InChI is InChI=1S/C22H18N4O2S/c1-13-10-18-19(11-14(13)2)28-21(25-18)15-5-7-17(8-6-15)24-22(29)26-20(27)16-4-3-9-23-12-16/h3-12H,1-2H3,(H2,24,26,27,29). The second kappa shape index (κ2) is 7.81. The molecule has 7 heteroatoms. The Morgan fingerprint density at radius 2 is 1.83 bits per heavy atom. The monoisotopic (exact) mass is 402 g/mol. The highest BCUT2D eigenvalue weighted by atomic mass is 32.1. The topological polar surface area (TPSA) is 80.0 Å². The minimum atomic E-state index is -0.315. The summed E-state index contributed by atoms with van der Waals surface area (Å²) in [6.45, 7) is 4.10. The van der Waals surface area contributed by atoms with Crippen LogP contribution in [0.25, 0.3) is 22.6 Å². The summed E-state index contributed by atoms with van der Waals surface area (Å²) in [4.78, 5) is 20.6. The van der Waals surface area contributed by atoms with E-state index >= 15 is 0 Å². The summed E-state index contributed by atoms with van der Waals surface area (Å²) in [6.07, 6.45) is 3.09. The minimum Gasteiger partial charge on any atom is -0.436 e. The molecule has 0 aliphatic carbocycles. The van der Waals surface area contributed by atoms with E-state index in [1.165, 1.54) is 17.3 Å². The van der Waals surface area contributed by atoms with Gasteiger partial charge in [-0.25, -0.2) is 4.98 Å². The van der Waals surface area contributed by atoms with Gasteiger partial charge in [0.1, 0.15) is 5.52 Å². The van der Waals surface area contributed by atoms with Crippen LogP contribution in [0.4, 0.5) is 5.69 Å². The first kappa shape index (κ1) is 18.8. The third-order valence-electron chi connectivity index (χ3n) is 4.54. The van der Waals surface area contributed by atoms with Crippen molar-refractivity contribution in [3.8, 4) is 11.5 Å². The van der Waals surface area contributed by atoms with Crippen molar-refractivity contribution >= 4 is 40.0 Å². The summed E-state index contributed by atoms with van der Waals surface area (Å²) in [5.41, 5.74) is 5.99. The smallest absolute Gasteiger partial charge is 0.258 e. The Morgan fingerprint density at radius 1 is 1.07 bits per heavy atom. The van der Waals surface area contributed by atoms with Gasteiger partial charge < -0.3 is 9.73 Å². The average molecular weight is 402 g/mol. The number of amides is 1. The highest BCUT2D eigenvalue weighted by Gasteiger charge is 2.11. The van der Waals surface area contributed by atoms with Crippen LogP contribution in [0.15, 0.2) is 65.3 Å². The number of hydrogen-bond acceptors (Lipinski definition) is 5. The van der Waals surface area contributed by atoms with Crippen LogP contribution in [0.2, 0.25) is 0 Å². The van der Waals surface area contributed by atoms with E-state index in [0.29, 0.717) is 11.5 Å². The molecule has 0 atom stereocenters. The molecular formula is C22H18N4O2S. The second-order valence-electron chi connectivity index (χ2n) is 6.65. The Balaban J connectivity index is 1.45. The molecule has 0 radical (unpaired) electrons. The van der Waals surface area contributed by atoms with Crippen molar-refractivity contribution in [2.45, 2.75) is 13.8 Å². The van der Waals surface area contributed by atoms with E-state index in [1.807, 2.05) is 43.3 Å². The fraction of sp³-hybridized carbons (Fsp3) is 0.0909. The summed E-state index contributed by atoms with van der Waals surface area (Å²) in [7, 11) is 0. The fourth-order valence-electron chi connectivity index (χ4n) is 2.83. The Hall–Kier alpha value is -3.58. The van der Waals surface area contributed by atoms with Gasteiger partial charge in [-0.1, -0.05) is 0 Å². The van der Waals surface area contributed by atoms with Gasteiger partial charge in [0.05, 0.1) is 5.56 Å². The number of aryl methyl sites for hydroxylation is 2. The predicted octanol–water partition coefficient (Wildman–Crippen LogP) is 4.63. The van der Waals surface area contributed by atoms with E-state index in [1.54, 1.807) is 18.3 Å². The van der Waals surface area contributed by atoms with E-state index in [4.69, 9.17) is 16.6 Å². The average Bonchev–Trinajstić information content (AvgIpc) is 3.12. The van der Waals surface area contributed by atoms with E-state index in [9.17, 15) is 4.79 Å². The number of nitrogens with one attached hydrogen (secondary N) is 2. The first-order valence-corrected chi connectivity index (χ1v) is 9.41. The maximum Gasteiger partial charge on any atom is 0.258 e. The van der Waals surface area contributed by atoms with Crippen LogP contribution in [-0.2, 0) is 0 Å². The second-order valence-corrected chi connectivity index (χ2v) is 7.06. The summed E-state index contributed by atoms with van der Waals surface area (Å²) >= 11 is 5.21. The van der Waals surface area contributed by atoms with Crippen molar-refractivity contribution in [3.63, 3.8) is 0 Å². The molecule has 0 saturated heterocycles. The van der Waals surface area contributed by atoms with E-state index in [-0.39, 0.29) is 11.0 Å². The first-order chi connectivity index (χ1) is 14.0. The number of carbonyl (C=O) groups is 1. The van der Waals surface area contributed by atoms with Crippen LogP contribution in [0.5, 0.6) is 0 Å². The Labute approximate surface area is 173 Å². The fourth-order valence-corrected chi connectivity index (χ4v) is 3.04. The van der Waals surface area contributed by atoms with Crippen molar-refractivity contribution in [2.75, 3.05) is 5.32 Å². The number of thiocarbonyl (C=S) groups is 1. The van der Waals surface area contributed by atoms with Gasteiger partial charge in [0.25, 0.3) is 5.91 Å². The number of fused-ring (bicyclic) bond motifs is 1. The molecular weight excluding hydrogens is 384 g/mol. The van der Waals surface area contributed by atoms with Crippen molar-refractivity contribution in [2.24, 2.45) is 0 Å². The third-order valence-corrected chi connectivity index (χ3v) is 4.75. The van der Waals surface area contributed by atoms with Gasteiger partial charge in [0.15, 0.2) is 10.7 Å². The normalized spacial score (nSPS) is 10.7. The highest BCUT2D eigenvalue weighted by Crippen LogP contribution is 2.27. The lowest BCUT2D eigenvalue weighted by molar-refractivity contribution is 0.0977. The zero-order chi connectivity index (χ0) is 20.4. The van der Waals surface area contributed by atoms with Crippen molar-refractivity contribution in [1.29, 1.82) is 0 Å². The van der Waals surface area contributed by atoms with Gasteiger partial charge in [-0.3, -0.25) is 15.1 Å². The maximum absolute atomic E-state index is 12.1. The van der Waals surface area contributed by atoms with Gasteiger partial charge in [-0.2, -0.15) is 0 Å². The van der Waals surface area contributed by atoms with Gasteiger partial charge in [0.2, 0.25) is 5.89 Å². The molecule has 29 heavy (non-hydrogen) atoms. The van der Waals surface area contributed by atoms with Crippen LogP contribution >= 0.6 is 12.2 Å². The number of hydrogen-bond donors (Lipinski definition) is 2. The molecule has 0 aliphatic rings. The molecule has 6 nitrogen and oxygen atoms in total. The lowest BCUT2D eigenvalue weighted by atomic mass is 10.1. The third kappa shape index (κ3) is 4.14. The lowest BCUT2D eigenvalue weighted by Gasteiger charge is -2.09. The number of pyridine rings is 1. The van der Waals surface area contributed by atoms with Crippen LogP contribution < -0.4 is 10.6 Å². The van der Waals surface area contributed by atoms with Crippen LogP contribution in [0.3, 0.4) is 0 Å². The number of benzene rings is 2. The van der Waals surface area contributed by atoms with Gasteiger partial charge in [-0.05, 0) is 85.7 Å². The zero-order valence-electron chi connectivity index (χ0n) is 15.9. The quantitative estimate of drug-likeness (QED) is 0.486. The Morgan fingerprint density at radius 3 is 2.55 bits per heavy atom. The number of oxazole rings is 1. The van der Waals surface area contributed by atoms with Crippen molar-refractivity contribution in [1.82, 2.24) is 15.3 Å². The largest absolute Gasteiger partial charge is 0.436 e. The number of aromatic nitrogens is 2. The van der Waals surface area contributed by atoms with Crippen LogP contribution in [0.1, 0.15) is 21.5 Å². The molecule has 0 aliphatic heterocycles. The molecule has 0 bridgehead atoms. The summed E-state index contributed by atoms with van der Waals surface area (Å²) in [5, 5.41) is 5.83. The SMILES string of the molecule is Cc1cc2nc(-c3ccc(NC(=S)NC(=O)c4cccnc4)cc3)oc2cc1C. The van der Waals surface area contributed by atoms with Crippen LogP contribution in [-0.4, -0.2) is 21.0 Å². The van der Waals surface area contributed by atoms with E-state index < -0.39 is 0 Å². The number of carbonyl (C=O) groups excluding carboxylic acids is 1. The van der Waals surface area contributed by atoms with E-state index in [0.717, 1.165) is 22.4 Å². The molecule has 0 fully saturated rings. The lowest BCUT2D eigenvalue weighted by Crippen LogP contribution is -2.34. The molecule has 1 amide bonds. The number of rotatable bonds is 3. The number of anilines is 1. The summed E-state index contributed by atoms with van der Waals surface area (Å²) in [6, 6.07) is 14.9. The molecule has 4 aromatic rings. The number of nitrogens with zero attached hydrogens (tertiary/aromatic N) is 2. The van der Waals surface area contributed by atoms with Gasteiger partial charge >= 0.3 is 0 Å². The minimum absolute atomic E-state index is 0.208. The van der Waals surface area contributed by atoms with E-state index in [2.05, 4.69) is 27.5 Å². The summed E-state index contributed by atoms with van der Waals surface area (Å²) < 4.78 is 5.89. The zero-order valence-corrected chi connectivity index (χ0v) is 16.7. The Kier molecular flexibility index (Phi) is 5.05. The van der Waals surface area contributed by atoms with Gasteiger partial charge in [-0.15, -0.1) is 0 Å². The summed E-state index contributed by atoms with van der Waals surface area (Å²) in [5.74, 6) is 0.244. The molecule has 0 saturated carbocycles. The molecule has 144 valence electrons. The molecule has 2 aromatic heterocycles. The van der Waals surface area contributed by atoms with Crippen LogP contribution in [0, 0.1) is 13.8 Å². The predicted molar refractivity (Wildman–Crippen MR) is 117 cm³/mol. The molecule has 2 heterocycles. The molecule has 0 spiro atoms. The van der Waals surface area contributed by atoms with Crippen molar-refractivity contribution < 1.29 is 9.21 Å². The first-order valence-electron chi connectivity index (χ1n) is 9.00. The van der Waals surface area contributed by atoms with Gasteiger partial charge in [0, 0.05) is 23.6 Å².